The molecule has 5 nitrogen and oxygen atoms in total. The Balaban J connectivity index is 1.23. The molecule has 2 unspecified atom stereocenters. The van der Waals surface area contributed by atoms with E-state index in [2.05, 4.69) is 72.2 Å². The number of benzene rings is 3. The van der Waals surface area contributed by atoms with E-state index in [1.807, 2.05) is 36.4 Å². The van der Waals surface area contributed by atoms with Gasteiger partial charge in [0.1, 0.15) is 11.9 Å². The summed E-state index contributed by atoms with van der Waals surface area (Å²) in [6, 6.07) is 27.0. The maximum Gasteiger partial charge on any atom is 0.246 e. The normalized spacial score (nSPS) is 29.4. The monoisotopic (exact) mass is 562 g/mol. The van der Waals surface area contributed by atoms with Crippen LogP contribution in [-0.2, 0) is 23.1 Å². The van der Waals surface area contributed by atoms with E-state index in [0.717, 1.165) is 50.1 Å². The molecule has 1 saturated carbocycles. The Morgan fingerprint density at radius 3 is 2.57 bits per heavy atom. The first kappa shape index (κ1) is 27.4. The zero-order valence-electron chi connectivity index (χ0n) is 24.8. The molecule has 1 spiro atoms. The molecule has 0 radical (unpaired) electrons. The molecule has 2 aliphatic heterocycles. The van der Waals surface area contributed by atoms with E-state index in [0.29, 0.717) is 18.9 Å². The lowest BCUT2D eigenvalue weighted by Gasteiger charge is -2.65. The lowest BCUT2D eigenvalue weighted by Crippen LogP contribution is -2.78. The van der Waals surface area contributed by atoms with Crippen LogP contribution in [0.25, 0.3) is 6.08 Å². The van der Waals surface area contributed by atoms with Crippen LogP contribution in [0, 0.1) is 5.92 Å². The number of piperidine rings is 1. The Morgan fingerprint density at radius 1 is 1.05 bits per heavy atom. The fraction of sp³-hybridized carbons (Fsp3) is 0.432. The Labute approximate surface area is 249 Å². The Kier molecular flexibility index (Phi) is 6.99. The van der Waals surface area contributed by atoms with Crippen molar-refractivity contribution in [3.8, 4) is 5.75 Å². The van der Waals surface area contributed by atoms with Crippen molar-refractivity contribution in [1.29, 1.82) is 0 Å². The zero-order valence-corrected chi connectivity index (χ0v) is 24.8. The van der Waals surface area contributed by atoms with Gasteiger partial charge in [-0.2, -0.15) is 0 Å². The smallest absolute Gasteiger partial charge is 0.246 e. The van der Waals surface area contributed by atoms with E-state index in [1.165, 1.54) is 16.7 Å². The topological polar surface area (TPSA) is 53.0 Å². The molecule has 218 valence electrons. The van der Waals surface area contributed by atoms with Gasteiger partial charge in [0.25, 0.3) is 0 Å². The molecule has 42 heavy (non-hydrogen) atoms. The first-order valence-corrected chi connectivity index (χ1v) is 15.7. The minimum Gasteiger partial charge on any atom is -0.487 e. The molecule has 2 heterocycles. The predicted molar refractivity (Wildman–Crippen MR) is 166 cm³/mol. The van der Waals surface area contributed by atoms with Crippen LogP contribution in [0.4, 0.5) is 0 Å². The third-order valence-corrected chi connectivity index (χ3v) is 10.4. The number of rotatable bonds is 8. The van der Waals surface area contributed by atoms with Gasteiger partial charge in [0.15, 0.2) is 0 Å². The van der Waals surface area contributed by atoms with Gasteiger partial charge in [-0.05, 0) is 73.4 Å². The second-order valence-electron chi connectivity index (χ2n) is 13.2. The average molecular weight is 563 g/mol. The molecule has 2 fully saturated rings. The molecular weight excluding hydrogens is 520 g/mol. The van der Waals surface area contributed by atoms with Gasteiger partial charge in [0.05, 0.1) is 17.1 Å². The van der Waals surface area contributed by atoms with Gasteiger partial charge in [-0.3, -0.25) is 9.69 Å². The second kappa shape index (κ2) is 10.7. The van der Waals surface area contributed by atoms with Crippen molar-refractivity contribution in [2.24, 2.45) is 5.92 Å². The standard InChI is InChI=1S/C37H42N2O3/c1-26(2)25-39(33(40)17-16-27-10-5-3-6-11-27)30-18-20-37(41)32-24-29-14-9-15-31-34(29)36(37,35(30)42-31)21-23-38(32)22-19-28-12-7-4-8-13-28/h3-17,26,30,32,35,41H,18-25H2,1-2H3/b17-16+/t30?,32-,35?,36+,37-/m1/s1. The Hall–Kier alpha value is -3.41. The third kappa shape index (κ3) is 4.32. The van der Waals surface area contributed by atoms with Crippen LogP contribution in [0.5, 0.6) is 5.75 Å². The summed E-state index contributed by atoms with van der Waals surface area (Å²) in [5, 5.41) is 12.9. The quantitative estimate of drug-likeness (QED) is 0.361. The molecule has 1 saturated heterocycles. The van der Waals surface area contributed by atoms with Gasteiger partial charge in [0, 0.05) is 30.8 Å². The minimum atomic E-state index is -0.894. The van der Waals surface area contributed by atoms with Crippen LogP contribution in [0.15, 0.2) is 84.9 Å². The summed E-state index contributed by atoms with van der Waals surface area (Å²) in [4.78, 5) is 18.5. The van der Waals surface area contributed by atoms with E-state index in [9.17, 15) is 9.90 Å². The van der Waals surface area contributed by atoms with Crippen molar-refractivity contribution >= 4 is 12.0 Å². The highest BCUT2D eigenvalue weighted by atomic mass is 16.5. The van der Waals surface area contributed by atoms with Crippen molar-refractivity contribution in [2.75, 3.05) is 19.6 Å². The lowest BCUT2D eigenvalue weighted by atomic mass is 9.48. The number of likely N-dealkylation sites (tertiary alicyclic amines) is 1. The molecule has 1 N–H and O–H groups in total. The minimum absolute atomic E-state index is 0.0202. The molecule has 2 aliphatic carbocycles. The molecule has 2 bridgehead atoms. The SMILES string of the molecule is CC(C)CN(C(=O)/C=C/c1ccccc1)C1CC[C@@]2(O)[C@H]3Cc4cccc5c4[C@@]2(CCN3CCc2ccccc2)C1O5. The highest BCUT2D eigenvalue weighted by Crippen LogP contribution is 2.64. The van der Waals surface area contributed by atoms with E-state index >= 15 is 0 Å². The zero-order chi connectivity index (χ0) is 28.9. The van der Waals surface area contributed by atoms with E-state index in [-0.39, 0.29) is 24.1 Å². The first-order chi connectivity index (χ1) is 20.4. The molecule has 5 atom stereocenters. The first-order valence-electron chi connectivity index (χ1n) is 15.7. The van der Waals surface area contributed by atoms with Crippen molar-refractivity contribution in [3.05, 3.63) is 107 Å². The number of carbonyl (C=O) groups is 1. The summed E-state index contributed by atoms with van der Waals surface area (Å²) in [5.41, 5.74) is 3.47. The summed E-state index contributed by atoms with van der Waals surface area (Å²) in [6.45, 7) is 6.85. The van der Waals surface area contributed by atoms with Crippen LogP contribution in [0.2, 0.25) is 0 Å². The number of carbonyl (C=O) groups excluding carboxylic acids is 1. The van der Waals surface area contributed by atoms with Crippen molar-refractivity contribution < 1.29 is 14.6 Å². The Bertz CT molecular complexity index is 1470. The van der Waals surface area contributed by atoms with Gasteiger partial charge in [-0.15, -0.1) is 0 Å². The summed E-state index contributed by atoms with van der Waals surface area (Å²) >= 11 is 0. The van der Waals surface area contributed by atoms with Crippen molar-refractivity contribution in [3.63, 3.8) is 0 Å². The van der Waals surface area contributed by atoms with Gasteiger partial charge in [-0.1, -0.05) is 86.6 Å². The van der Waals surface area contributed by atoms with Gasteiger partial charge >= 0.3 is 0 Å². The molecular formula is C37H42N2O3. The van der Waals surface area contributed by atoms with Crippen LogP contribution < -0.4 is 4.74 Å². The van der Waals surface area contributed by atoms with Gasteiger partial charge in [-0.25, -0.2) is 0 Å². The average Bonchev–Trinajstić information content (AvgIpc) is 3.34. The summed E-state index contributed by atoms with van der Waals surface area (Å²) < 4.78 is 6.90. The van der Waals surface area contributed by atoms with Gasteiger partial charge < -0.3 is 14.7 Å². The predicted octanol–water partition coefficient (Wildman–Crippen LogP) is 5.65. The van der Waals surface area contributed by atoms with Crippen LogP contribution >= 0.6 is 0 Å². The molecule has 1 amide bonds. The summed E-state index contributed by atoms with van der Waals surface area (Å²) in [5.74, 6) is 1.25. The van der Waals surface area contributed by atoms with E-state index in [1.54, 1.807) is 6.08 Å². The highest BCUT2D eigenvalue weighted by Gasteiger charge is 2.73. The Morgan fingerprint density at radius 2 is 1.81 bits per heavy atom. The van der Waals surface area contributed by atoms with E-state index in [4.69, 9.17) is 4.74 Å². The number of nitrogens with zero attached hydrogens (tertiary/aromatic N) is 2. The lowest BCUT2D eigenvalue weighted by molar-refractivity contribution is -0.201. The highest BCUT2D eigenvalue weighted by molar-refractivity contribution is 5.92. The fourth-order valence-corrected chi connectivity index (χ4v) is 8.69. The van der Waals surface area contributed by atoms with E-state index < -0.39 is 11.0 Å². The van der Waals surface area contributed by atoms with Gasteiger partial charge in [0.2, 0.25) is 5.91 Å². The number of ether oxygens (including phenoxy) is 1. The molecule has 7 rings (SSSR count). The van der Waals surface area contributed by atoms with Crippen molar-refractivity contribution in [2.45, 2.75) is 75.2 Å². The molecule has 0 aromatic heterocycles. The largest absolute Gasteiger partial charge is 0.487 e. The maximum absolute atomic E-state index is 13.9. The molecule has 4 aliphatic rings. The third-order valence-electron chi connectivity index (χ3n) is 10.4. The summed E-state index contributed by atoms with van der Waals surface area (Å²) in [7, 11) is 0. The number of hydrogen-bond donors (Lipinski definition) is 1. The molecule has 3 aromatic carbocycles. The van der Waals surface area contributed by atoms with Crippen molar-refractivity contribution in [1.82, 2.24) is 9.80 Å². The van der Waals surface area contributed by atoms with Crippen LogP contribution in [0.1, 0.15) is 55.4 Å². The van der Waals surface area contributed by atoms with Crippen LogP contribution in [0.3, 0.4) is 0 Å². The summed E-state index contributed by atoms with van der Waals surface area (Å²) in [6.07, 6.45) is 7.42. The second-order valence-corrected chi connectivity index (χ2v) is 13.2. The van der Waals surface area contributed by atoms with Crippen LogP contribution in [-0.4, -0.2) is 64.2 Å². The molecule has 3 aromatic rings. The number of aliphatic hydroxyl groups is 1. The number of hydrogen-bond acceptors (Lipinski definition) is 4. The molecule has 5 heteroatoms. The maximum atomic E-state index is 13.9. The number of amides is 1. The fourth-order valence-electron chi connectivity index (χ4n) is 8.69.